The van der Waals surface area contributed by atoms with Crippen molar-refractivity contribution in [2.45, 2.75) is 19.0 Å². The molecule has 2 amide bonds. The average molecular weight is 388 g/mol. The highest BCUT2D eigenvalue weighted by molar-refractivity contribution is 6.24. The second kappa shape index (κ2) is 6.30. The molecule has 4 atom stereocenters. The summed E-state index contributed by atoms with van der Waals surface area (Å²) in [5.41, 5.74) is 2.40. The Hall–Kier alpha value is -3.41. The number of carbonyl (C=O) groups excluding carboxylic acids is 3. The number of hydrogen-bond acceptors (Lipinski definition) is 5. The normalized spacial score (nSPS) is 27.0. The van der Waals surface area contributed by atoms with E-state index in [0.29, 0.717) is 11.4 Å². The van der Waals surface area contributed by atoms with E-state index in [1.165, 1.54) is 18.9 Å². The Morgan fingerprint density at radius 1 is 0.966 bits per heavy atom. The number of ketones is 1. The van der Waals surface area contributed by atoms with E-state index in [1.54, 1.807) is 24.3 Å². The smallest absolute Gasteiger partial charge is 0.240 e. The van der Waals surface area contributed by atoms with E-state index < -0.39 is 17.9 Å². The number of ether oxygens (including phenoxy) is 1. The van der Waals surface area contributed by atoms with Crippen LogP contribution >= 0.6 is 0 Å². The molecule has 3 aliphatic rings. The standard InChI is InChI=1S/C23H20N2O4/c1-13(26)20-18-19(21-15-8-4-3-7-14(15)11-12-24(20)21)23(28)25(22(18)27)16-9-5-6-10-17(16)29-2/h3-12,18-21H,1-2H3/t18-,19+,20+,21-/m1/s1. The number of benzene rings is 2. The number of methoxy groups -OCH3 is 1. The Kier molecular flexibility index (Phi) is 3.84. The zero-order valence-electron chi connectivity index (χ0n) is 16.1. The maximum Gasteiger partial charge on any atom is 0.240 e. The van der Waals surface area contributed by atoms with Gasteiger partial charge in [-0.1, -0.05) is 36.4 Å². The summed E-state index contributed by atoms with van der Waals surface area (Å²) in [7, 11) is 1.51. The summed E-state index contributed by atoms with van der Waals surface area (Å²) >= 11 is 0. The summed E-state index contributed by atoms with van der Waals surface area (Å²) in [6.45, 7) is 1.49. The van der Waals surface area contributed by atoms with Crippen LogP contribution < -0.4 is 9.64 Å². The molecular formula is C23H20N2O4. The molecule has 0 radical (unpaired) electrons. The number of carbonyl (C=O) groups is 3. The lowest BCUT2D eigenvalue weighted by Gasteiger charge is -2.35. The lowest BCUT2D eigenvalue weighted by molar-refractivity contribution is -0.129. The Labute approximate surface area is 168 Å². The van der Waals surface area contributed by atoms with Crippen molar-refractivity contribution in [2.75, 3.05) is 12.0 Å². The minimum Gasteiger partial charge on any atom is -0.495 e. The van der Waals surface area contributed by atoms with Crippen LogP contribution in [-0.2, 0) is 14.4 Å². The van der Waals surface area contributed by atoms with E-state index in [9.17, 15) is 14.4 Å². The number of para-hydroxylation sites is 2. The van der Waals surface area contributed by atoms with Crippen LogP contribution in [0.15, 0.2) is 54.7 Å². The predicted octanol–water partition coefficient (Wildman–Crippen LogP) is 2.80. The number of amides is 2. The summed E-state index contributed by atoms with van der Waals surface area (Å²) in [4.78, 5) is 42.8. The average Bonchev–Trinajstić information content (AvgIpc) is 3.21. The van der Waals surface area contributed by atoms with Crippen LogP contribution in [0.1, 0.15) is 24.1 Å². The topological polar surface area (TPSA) is 66.9 Å². The maximum atomic E-state index is 13.6. The molecule has 3 heterocycles. The molecular weight excluding hydrogens is 368 g/mol. The third-order valence-electron chi connectivity index (χ3n) is 6.20. The molecule has 2 fully saturated rings. The summed E-state index contributed by atoms with van der Waals surface area (Å²) in [6, 6.07) is 13.8. The highest BCUT2D eigenvalue weighted by Crippen LogP contribution is 2.53. The van der Waals surface area contributed by atoms with E-state index in [4.69, 9.17) is 4.74 Å². The second-order valence-electron chi connectivity index (χ2n) is 7.63. The van der Waals surface area contributed by atoms with Gasteiger partial charge in [-0.25, -0.2) is 4.90 Å². The van der Waals surface area contributed by atoms with Crippen molar-refractivity contribution in [1.82, 2.24) is 4.90 Å². The van der Waals surface area contributed by atoms with Gasteiger partial charge in [0.15, 0.2) is 5.78 Å². The molecule has 2 saturated heterocycles. The molecule has 0 bridgehead atoms. The monoisotopic (exact) mass is 388 g/mol. The summed E-state index contributed by atoms with van der Waals surface area (Å²) < 4.78 is 5.38. The molecule has 0 N–H and O–H groups in total. The molecule has 29 heavy (non-hydrogen) atoms. The van der Waals surface area contributed by atoms with Crippen LogP contribution in [-0.4, -0.2) is 35.6 Å². The van der Waals surface area contributed by atoms with Gasteiger partial charge in [0.1, 0.15) is 5.75 Å². The van der Waals surface area contributed by atoms with Crippen molar-refractivity contribution in [3.8, 4) is 5.75 Å². The van der Waals surface area contributed by atoms with Crippen molar-refractivity contribution in [3.63, 3.8) is 0 Å². The molecule has 0 saturated carbocycles. The van der Waals surface area contributed by atoms with E-state index in [1.807, 2.05) is 41.4 Å². The van der Waals surface area contributed by atoms with Gasteiger partial charge in [-0.3, -0.25) is 14.4 Å². The number of nitrogens with zero attached hydrogens (tertiary/aromatic N) is 2. The van der Waals surface area contributed by atoms with Gasteiger partial charge in [0, 0.05) is 6.20 Å². The maximum absolute atomic E-state index is 13.6. The van der Waals surface area contributed by atoms with Gasteiger partial charge in [-0.2, -0.15) is 0 Å². The number of fused-ring (bicyclic) bond motifs is 5. The number of rotatable bonds is 3. The van der Waals surface area contributed by atoms with Crippen LogP contribution in [0.4, 0.5) is 5.69 Å². The summed E-state index contributed by atoms with van der Waals surface area (Å²) in [5.74, 6) is -1.62. The first kappa shape index (κ1) is 17.7. The molecule has 6 nitrogen and oxygen atoms in total. The van der Waals surface area contributed by atoms with Gasteiger partial charge in [-0.05, 0) is 36.3 Å². The Morgan fingerprint density at radius 2 is 1.66 bits per heavy atom. The first-order chi connectivity index (χ1) is 14.0. The molecule has 3 aliphatic heterocycles. The minimum absolute atomic E-state index is 0.116. The Balaban J connectivity index is 1.66. The fraction of sp³-hybridized carbons (Fsp3) is 0.261. The van der Waals surface area contributed by atoms with Gasteiger partial charge < -0.3 is 9.64 Å². The Morgan fingerprint density at radius 3 is 2.41 bits per heavy atom. The molecule has 5 rings (SSSR count). The van der Waals surface area contributed by atoms with Gasteiger partial charge in [0.05, 0.1) is 36.7 Å². The largest absolute Gasteiger partial charge is 0.495 e. The van der Waals surface area contributed by atoms with Crippen molar-refractivity contribution in [1.29, 1.82) is 0 Å². The molecule has 2 aromatic rings. The quantitative estimate of drug-likeness (QED) is 0.757. The molecule has 0 unspecified atom stereocenters. The lowest BCUT2D eigenvalue weighted by atomic mass is 9.84. The van der Waals surface area contributed by atoms with Crippen LogP contribution in [0, 0.1) is 11.8 Å². The second-order valence-corrected chi connectivity index (χ2v) is 7.63. The number of hydrogen-bond donors (Lipinski definition) is 0. The predicted molar refractivity (Wildman–Crippen MR) is 107 cm³/mol. The van der Waals surface area contributed by atoms with Gasteiger partial charge in [0.25, 0.3) is 0 Å². The fourth-order valence-electron chi connectivity index (χ4n) is 5.07. The SMILES string of the molecule is COc1ccccc1N1C(=O)[C@@H]2[C@H](C1=O)[C@H]1c3ccccc3C=CN1[C@H]2C(C)=O. The van der Waals surface area contributed by atoms with E-state index in [2.05, 4.69) is 0 Å². The summed E-state index contributed by atoms with van der Waals surface area (Å²) in [6.07, 6.45) is 3.79. The number of anilines is 1. The molecule has 2 aromatic carbocycles. The van der Waals surface area contributed by atoms with Gasteiger partial charge >= 0.3 is 0 Å². The van der Waals surface area contributed by atoms with E-state index >= 15 is 0 Å². The molecule has 0 aromatic heterocycles. The third kappa shape index (κ3) is 2.32. The third-order valence-corrected chi connectivity index (χ3v) is 6.20. The first-order valence-electron chi connectivity index (χ1n) is 9.60. The van der Waals surface area contributed by atoms with Crippen molar-refractivity contribution in [2.24, 2.45) is 11.8 Å². The lowest BCUT2D eigenvalue weighted by Crippen LogP contribution is -2.43. The zero-order valence-corrected chi connectivity index (χ0v) is 16.1. The molecule has 0 aliphatic carbocycles. The van der Waals surface area contributed by atoms with E-state index in [-0.39, 0.29) is 23.6 Å². The van der Waals surface area contributed by atoms with Crippen LogP contribution in [0.25, 0.3) is 6.08 Å². The highest BCUT2D eigenvalue weighted by atomic mass is 16.5. The fourth-order valence-corrected chi connectivity index (χ4v) is 5.07. The van der Waals surface area contributed by atoms with Crippen LogP contribution in [0.5, 0.6) is 5.75 Å². The van der Waals surface area contributed by atoms with Gasteiger partial charge in [0.2, 0.25) is 11.8 Å². The van der Waals surface area contributed by atoms with E-state index in [0.717, 1.165) is 11.1 Å². The molecule has 0 spiro atoms. The Bertz CT molecular complexity index is 1080. The van der Waals surface area contributed by atoms with Crippen molar-refractivity contribution < 1.29 is 19.1 Å². The zero-order chi connectivity index (χ0) is 20.3. The minimum atomic E-state index is -0.717. The van der Waals surface area contributed by atoms with Crippen molar-refractivity contribution in [3.05, 3.63) is 65.9 Å². The van der Waals surface area contributed by atoms with Crippen molar-refractivity contribution >= 4 is 29.4 Å². The number of imide groups is 1. The molecule has 146 valence electrons. The highest BCUT2D eigenvalue weighted by Gasteiger charge is 2.64. The van der Waals surface area contributed by atoms with Gasteiger partial charge in [-0.15, -0.1) is 0 Å². The van der Waals surface area contributed by atoms with Crippen LogP contribution in [0.3, 0.4) is 0 Å². The summed E-state index contributed by atoms with van der Waals surface area (Å²) in [5, 5.41) is 0. The first-order valence-corrected chi connectivity index (χ1v) is 9.60. The molecule has 6 heteroatoms. The number of Topliss-reactive ketones (excluding diaryl/α,β-unsaturated/α-hetero) is 1. The van der Waals surface area contributed by atoms with Crippen LogP contribution in [0.2, 0.25) is 0 Å².